The van der Waals surface area contributed by atoms with Gasteiger partial charge >= 0.3 is 0 Å². The number of hydrogen-bond acceptors (Lipinski definition) is 5. The summed E-state index contributed by atoms with van der Waals surface area (Å²) in [6.45, 7) is 12.7. The van der Waals surface area contributed by atoms with Crippen molar-refractivity contribution in [2.45, 2.75) is 65.7 Å². The van der Waals surface area contributed by atoms with Crippen LogP contribution in [0.25, 0.3) is 0 Å². The molecule has 1 aromatic carbocycles. The highest BCUT2D eigenvalue weighted by molar-refractivity contribution is 7.12. The van der Waals surface area contributed by atoms with E-state index in [2.05, 4.69) is 52.8 Å². The number of nitrogens with zero attached hydrogens (tertiary/aromatic N) is 2. The highest BCUT2D eigenvalue weighted by Gasteiger charge is 2.45. The SMILES string of the molecule is Cc1c(Cl)cccc1N1C(N)=C(C#N)[C@H](c2ccc(C(C)(C)C)s2)C2=C1CC(C)(C)CC2=O. The van der Waals surface area contributed by atoms with Crippen LogP contribution in [0.1, 0.15) is 68.7 Å². The highest BCUT2D eigenvalue weighted by atomic mass is 35.5. The Balaban J connectivity index is 2.00. The average molecular weight is 480 g/mol. The summed E-state index contributed by atoms with van der Waals surface area (Å²) in [5.74, 6) is 0.0233. The van der Waals surface area contributed by atoms with Crippen molar-refractivity contribution in [1.29, 1.82) is 5.26 Å². The Labute approximate surface area is 205 Å². The molecule has 0 bridgehead atoms. The lowest BCUT2D eigenvalue weighted by atomic mass is 9.69. The number of anilines is 1. The van der Waals surface area contributed by atoms with Gasteiger partial charge in [-0.2, -0.15) is 5.26 Å². The number of Topliss-reactive ketones (excluding diaryl/α,β-unsaturated/α-hetero) is 1. The first-order valence-electron chi connectivity index (χ1n) is 11.2. The second-order valence-corrected chi connectivity index (χ2v) is 12.3. The van der Waals surface area contributed by atoms with Crippen molar-refractivity contribution < 1.29 is 4.79 Å². The summed E-state index contributed by atoms with van der Waals surface area (Å²) in [4.78, 5) is 17.8. The zero-order valence-corrected chi connectivity index (χ0v) is 21.6. The molecule has 0 spiro atoms. The number of ketones is 1. The topological polar surface area (TPSA) is 70.1 Å². The summed E-state index contributed by atoms with van der Waals surface area (Å²) in [6.07, 6.45) is 1.13. The maximum Gasteiger partial charge on any atom is 0.162 e. The quantitative estimate of drug-likeness (QED) is 0.506. The second kappa shape index (κ2) is 8.04. The van der Waals surface area contributed by atoms with Crippen LogP contribution in [0.2, 0.25) is 5.02 Å². The van der Waals surface area contributed by atoms with Gasteiger partial charge in [-0.15, -0.1) is 11.3 Å². The monoisotopic (exact) mass is 479 g/mol. The van der Waals surface area contributed by atoms with E-state index < -0.39 is 5.92 Å². The number of halogens is 1. The smallest absolute Gasteiger partial charge is 0.162 e. The number of rotatable bonds is 2. The van der Waals surface area contributed by atoms with Crippen LogP contribution in [0.3, 0.4) is 0 Å². The van der Waals surface area contributed by atoms with E-state index >= 15 is 0 Å². The number of carbonyl (C=O) groups is 1. The Kier molecular flexibility index (Phi) is 5.75. The van der Waals surface area contributed by atoms with Gasteiger partial charge in [-0.05, 0) is 54.0 Å². The zero-order chi connectivity index (χ0) is 24.3. The van der Waals surface area contributed by atoms with E-state index in [0.29, 0.717) is 34.8 Å². The number of benzene rings is 1. The average Bonchev–Trinajstić information content (AvgIpc) is 3.19. The number of thiophene rings is 1. The van der Waals surface area contributed by atoms with Crippen LogP contribution in [-0.4, -0.2) is 5.78 Å². The lowest BCUT2D eigenvalue weighted by Crippen LogP contribution is -2.42. The summed E-state index contributed by atoms with van der Waals surface area (Å²) in [7, 11) is 0. The molecule has 1 aromatic heterocycles. The van der Waals surface area contributed by atoms with Gasteiger partial charge in [0.05, 0.1) is 23.2 Å². The van der Waals surface area contributed by atoms with E-state index in [1.165, 1.54) is 4.88 Å². The van der Waals surface area contributed by atoms with Gasteiger partial charge in [0.25, 0.3) is 0 Å². The number of carbonyl (C=O) groups excluding carboxylic acids is 1. The van der Waals surface area contributed by atoms with Crippen LogP contribution in [0.4, 0.5) is 5.69 Å². The molecule has 0 amide bonds. The van der Waals surface area contributed by atoms with Gasteiger partial charge in [0, 0.05) is 32.5 Å². The number of allylic oxidation sites excluding steroid dienone is 3. The van der Waals surface area contributed by atoms with Crippen LogP contribution in [0.5, 0.6) is 0 Å². The van der Waals surface area contributed by atoms with Crippen molar-refractivity contribution in [3.63, 3.8) is 0 Å². The first-order valence-corrected chi connectivity index (χ1v) is 12.4. The second-order valence-electron chi connectivity index (χ2n) is 10.8. The molecule has 1 atom stereocenters. The summed E-state index contributed by atoms with van der Waals surface area (Å²) in [5, 5.41) is 10.9. The molecular weight excluding hydrogens is 450 g/mol. The molecule has 33 heavy (non-hydrogen) atoms. The van der Waals surface area contributed by atoms with E-state index in [1.807, 2.05) is 30.0 Å². The Morgan fingerprint density at radius 1 is 1.21 bits per heavy atom. The molecule has 0 saturated carbocycles. The molecule has 0 unspecified atom stereocenters. The summed E-state index contributed by atoms with van der Waals surface area (Å²) < 4.78 is 0. The fraction of sp³-hybridized carbons (Fsp3) is 0.407. The molecule has 2 aromatic rings. The van der Waals surface area contributed by atoms with Gasteiger partial charge in [-0.3, -0.25) is 9.69 Å². The largest absolute Gasteiger partial charge is 0.384 e. The highest BCUT2D eigenvalue weighted by Crippen LogP contribution is 2.52. The predicted octanol–water partition coefficient (Wildman–Crippen LogP) is 6.95. The van der Waals surface area contributed by atoms with Crippen molar-refractivity contribution in [2.75, 3.05) is 4.90 Å². The van der Waals surface area contributed by atoms with Crippen LogP contribution < -0.4 is 10.6 Å². The molecule has 172 valence electrons. The summed E-state index contributed by atoms with van der Waals surface area (Å²) >= 11 is 8.11. The van der Waals surface area contributed by atoms with E-state index in [1.54, 1.807) is 11.3 Å². The van der Waals surface area contributed by atoms with Gasteiger partial charge in [-0.25, -0.2) is 0 Å². The van der Waals surface area contributed by atoms with Crippen LogP contribution in [0.15, 0.2) is 53.0 Å². The Morgan fingerprint density at radius 3 is 2.52 bits per heavy atom. The molecule has 1 aliphatic heterocycles. The molecular formula is C27H30ClN3OS. The summed E-state index contributed by atoms with van der Waals surface area (Å²) in [5.41, 5.74) is 10.2. The molecule has 2 N–H and O–H groups in total. The predicted molar refractivity (Wildman–Crippen MR) is 136 cm³/mol. The minimum absolute atomic E-state index is 0.0145. The fourth-order valence-corrected chi connectivity index (χ4v) is 6.17. The third kappa shape index (κ3) is 4.00. The minimum atomic E-state index is -0.439. The molecule has 2 aliphatic rings. The third-order valence-electron chi connectivity index (χ3n) is 6.51. The van der Waals surface area contributed by atoms with Crippen LogP contribution in [0, 0.1) is 23.7 Å². The molecule has 4 nitrogen and oxygen atoms in total. The van der Waals surface area contributed by atoms with Gasteiger partial charge in [0.1, 0.15) is 5.82 Å². The fourth-order valence-electron chi connectivity index (χ4n) is 4.82. The van der Waals surface area contributed by atoms with Crippen LogP contribution >= 0.6 is 22.9 Å². The standard InChI is InChI=1S/C27H30ClN3OS/c1-15-17(28)8-7-9-18(15)31-19-12-27(5,6)13-20(32)24(19)23(16(14-29)25(31)30)21-10-11-22(33-21)26(2,3)4/h7-11,23H,12-13,30H2,1-6H3/t23-/m1/s1. The van der Waals surface area contributed by atoms with Crippen molar-refractivity contribution in [1.82, 2.24) is 0 Å². The van der Waals surface area contributed by atoms with Gasteiger partial charge in [-0.1, -0.05) is 52.3 Å². The molecule has 0 saturated heterocycles. The van der Waals surface area contributed by atoms with Crippen molar-refractivity contribution in [2.24, 2.45) is 11.1 Å². The molecule has 2 heterocycles. The molecule has 6 heteroatoms. The van der Waals surface area contributed by atoms with Gasteiger partial charge in [0.15, 0.2) is 5.78 Å². The Morgan fingerprint density at radius 2 is 1.91 bits per heavy atom. The van der Waals surface area contributed by atoms with Gasteiger partial charge in [0.2, 0.25) is 0 Å². The van der Waals surface area contributed by atoms with Gasteiger partial charge < -0.3 is 5.73 Å². The maximum atomic E-state index is 13.6. The van der Waals surface area contributed by atoms with E-state index in [0.717, 1.165) is 21.8 Å². The summed E-state index contributed by atoms with van der Waals surface area (Å²) in [6, 6.07) is 12.2. The number of hydrogen-bond donors (Lipinski definition) is 1. The molecule has 4 rings (SSSR count). The maximum absolute atomic E-state index is 13.6. The normalized spacial score (nSPS) is 20.7. The molecule has 0 fully saturated rings. The first kappa shape index (κ1) is 23.6. The number of nitrogens with two attached hydrogens (primary N) is 1. The first-order chi connectivity index (χ1) is 15.4. The minimum Gasteiger partial charge on any atom is -0.384 e. The Hall–Kier alpha value is -2.55. The van der Waals surface area contributed by atoms with Crippen molar-refractivity contribution in [3.8, 4) is 6.07 Å². The van der Waals surface area contributed by atoms with E-state index in [9.17, 15) is 10.1 Å². The number of nitriles is 1. The lowest BCUT2D eigenvalue weighted by molar-refractivity contribution is -0.118. The van der Waals surface area contributed by atoms with Crippen molar-refractivity contribution >= 4 is 34.4 Å². The van der Waals surface area contributed by atoms with Crippen molar-refractivity contribution in [3.05, 3.63) is 73.3 Å². The Bertz CT molecular complexity index is 1250. The van der Waals surface area contributed by atoms with E-state index in [4.69, 9.17) is 17.3 Å². The van der Waals surface area contributed by atoms with Crippen LogP contribution in [-0.2, 0) is 10.2 Å². The molecule has 1 aliphatic carbocycles. The zero-order valence-electron chi connectivity index (χ0n) is 20.0. The third-order valence-corrected chi connectivity index (χ3v) is 8.50. The lowest BCUT2D eigenvalue weighted by Gasteiger charge is -2.44. The van der Waals surface area contributed by atoms with E-state index in [-0.39, 0.29) is 16.6 Å². The molecule has 0 radical (unpaired) electrons.